The zero-order chi connectivity index (χ0) is 55.3. The molecule has 0 saturated carbocycles. The van der Waals surface area contributed by atoms with Crippen LogP contribution < -0.4 is 21.3 Å². The number of hydrogen-bond donors (Lipinski definition) is 12. The van der Waals surface area contributed by atoms with E-state index in [9.17, 15) is 40.9 Å². The molecule has 0 fully saturated rings. The van der Waals surface area contributed by atoms with Gasteiger partial charge in [-0.2, -0.15) is 0 Å². The molecule has 12 nitrogen and oxygen atoms in total. The standard InChI is InChI=1S/C64H92N4O8/c1-9-17-21-25-29-65-37-53-57(69)45-33-46(58(53)70)42(14-6)48-35-50(62(74)55(60(48)72)39-67-31-27-23-19-11-3)44(16-8)52-36-51(63(75)56(64(52)76)40-68-32-28-24-20-12-4)43(15-7)49-34-47(41(45)13-5)59(71)54(61(49)73)38-66-30-26-22-18-10-2/h13-16,33-36,41-44,65-76H,5-12,17-32,37-40H2,1-4H3/p+4. The van der Waals surface area contributed by atoms with Gasteiger partial charge in [0.2, 0.25) is 0 Å². The zero-order valence-electron chi connectivity index (χ0n) is 46.6. The first-order valence-corrected chi connectivity index (χ1v) is 28.9. The van der Waals surface area contributed by atoms with Crippen molar-refractivity contribution in [3.05, 3.63) is 142 Å². The Morgan fingerprint density at radius 3 is 0.618 bits per heavy atom. The van der Waals surface area contributed by atoms with Crippen LogP contribution in [-0.2, 0) is 26.2 Å². The normalized spacial score (nSPS) is 16.2. The summed E-state index contributed by atoms with van der Waals surface area (Å²) in [5.74, 6) is -5.19. The Morgan fingerprint density at radius 1 is 0.303 bits per heavy atom. The second-order valence-corrected chi connectivity index (χ2v) is 21.1. The van der Waals surface area contributed by atoms with Crippen molar-refractivity contribution in [2.45, 2.75) is 180 Å². The molecule has 0 aliphatic heterocycles. The first-order chi connectivity index (χ1) is 36.8. The van der Waals surface area contributed by atoms with Crippen molar-refractivity contribution in [3.63, 3.8) is 0 Å². The highest BCUT2D eigenvalue weighted by molar-refractivity contribution is 5.69. The molecule has 16 N–H and O–H groups in total. The fraction of sp³-hybridized carbons (Fsp3) is 0.500. The third-order valence-corrected chi connectivity index (χ3v) is 15.8. The van der Waals surface area contributed by atoms with Gasteiger partial charge in [-0.3, -0.25) is 0 Å². The number of quaternary nitrogens is 4. The molecule has 5 rings (SSSR count). The molecule has 0 radical (unpaired) electrons. The van der Waals surface area contributed by atoms with Crippen LogP contribution in [0.1, 0.15) is 221 Å². The van der Waals surface area contributed by atoms with E-state index in [0.29, 0.717) is 44.5 Å². The van der Waals surface area contributed by atoms with Crippen LogP contribution in [0.25, 0.3) is 0 Å². The topological polar surface area (TPSA) is 228 Å². The van der Waals surface area contributed by atoms with Crippen molar-refractivity contribution in [1.82, 2.24) is 0 Å². The fourth-order valence-electron chi connectivity index (χ4n) is 11.3. The maximum atomic E-state index is 12.6. The Balaban J connectivity index is 1.94. The summed E-state index contributed by atoms with van der Waals surface area (Å²) < 4.78 is 0. The summed E-state index contributed by atoms with van der Waals surface area (Å²) in [5.41, 5.74) is 3.60. The molecule has 0 unspecified atom stereocenters. The van der Waals surface area contributed by atoms with Gasteiger partial charge >= 0.3 is 0 Å². The van der Waals surface area contributed by atoms with E-state index in [-0.39, 0.29) is 94.4 Å². The van der Waals surface area contributed by atoms with Crippen LogP contribution in [0.5, 0.6) is 46.0 Å². The van der Waals surface area contributed by atoms with Crippen molar-refractivity contribution in [2.24, 2.45) is 0 Å². The van der Waals surface area contributed by atoms with Gasteiger partial charge in [-0.05, 0) is 75.6 Å². The highest BCUT2D eigenvalue weighted by Gasteiger charge is 2.36. The molecule has 4 aromatic carbocycles. The molecule has 1 aliphatic rings. The molecule has 0 amide bonds. The number of fused-ring (bicyclic) bond motifs is 8. The average Bonchev–Trinajstić information content (AvgIpc) is 3.41. The van der Waals surface area contributed by atoms with Crippen LogP contribution in [0.3, 0.4) is 0 Å². The molecule has 0 heterocycles. The maximum Gasteiger partial charge on any atom is 0.132 e. The van der Waals surface area contributed by atoms with E-state index in [2.05, 4.69) is 75.3 Å². The highest BCUT2D eigenvalue weighted by Crippen LogP contribution is 2.54. The first kappa shape index (κ1) is 60.9. The highest BCUT2D eigenvalue weighted by atomic mass is 16.3. The van der Waals surface area contributed by atoms with Crippen molar-refractivity contribution in [3.8, 4) is 46.0 Å². The largest absolute Gasteiger partial charge is 0.507 e. The predicted octanol–water partition coefficient (Wildman–Crippen LogP) is 9.49. The number of phenols is 8. The maximum absolute atomic E-state index is 12.6. The van der Waals surface area contributed by atoms with Crippen molar-refractivity contribution in [2.75, 3.05) is 26.2 Å². The lowest BCUT2D eigenvalue weighted by Crippen LogP contribution is -2.82. The molecule has 8 bridgehead atoms. The molecule has 0 spiro atoms. The fourth-order valence-corrected chi connectivity index (χ4v) is 11.3. The van der Waals surface area contributed by atoms with E-state index < -0.39 is 23.7 Å². The Labute approximate surface area is 454 Å². The number of phenolic OH excluding ortho intramolecular Hbond substituents is 8. The SMILES string of the molecule is C=CC1c2cc(c(O)c(C[NH2+]CCCCCC)c2O)C(C=C)c2cc(c(O)c(C[NH2+]CCCCCC)c2O)C(C=C)c2cc(c(O)c(C[NH2+]CCCCCC)c2O)C(C=C)c2cc1c(O)c(C[NH2+]CCCCCC)c2O. The summed E-state index contributed by atoms with van der Waals surface area (Å²) in [7, 11) is 0. The van der Waals surface area contributed by atoms with Crippen LogP contribution >= 0.6 is 0 Å². The third kappa shape index (κ3) is 14.4. The van der Waals surface area contributed by atoms with Crippen molar-refractivity contribution in [1.29, 1.82) is 0 Å². The van der Waals surface area contributed by atoms with E-state index >= 15 is 0 Å². The second kappa shape index (κ2) is 30.7. The van der Waals surface area contributed by atoms with Crippen LogP contribution in [0.2, 0.25) is 0 Å². The van der Waals surface area contributed by atoms with Gasteiger partial charge in [0.25, 0.3) is 0 Å². The van der Waals surface area contributed by atoms with E-state index in [1.54, 1.807) is 48.6 Å². The molecule has 0 saturated heterocycles. The van der Waals surface area contributed by atoms with Crippen molar-refractivity contribution < 1.29 is 62.1 Å². The van der Waals surface area contributed by atoms with E-state index in [1.165, 1.54) is 0 Å². The number of rotatable bonds is 32. The van der Waals surface area contributed by atoms with Gasteiger partial charge in [0, 0.05) is 68.2 Å². The Bertz CT molecular complexity index is 2110. The number of unbranched alkanes of at least 4 members (excludes halogenated alkanes) is 12. The third-order valence-electron chi connectivity index (χ3n) is 15.8. The molecular formula is C64H96N4O8+4. The quantitative estimate of drug-likeness (QED) is 0.0166. The minimum absolute atomic E-state index is 0.185. The van der Waals surface area contributed by atoms with Gasteiger partial charge in [0.15, 0.2) is 0 Å². The number of hydrogen-bond acceptors (Lipinski definition) is 8. The van der Waals surface area contributed by atoms with Gasteiger partial charge < -0.3 is 62.1 Å². The number of nitrogens with two attached hydrogens (primary N) is 4. The number of allylic oxidation sites excluding steroid dienone is 4. The van der Waals surface area contributed by atoms with Crippen LogP contribution in [0.4, 0.5) is 0 Å². The Kier molecular flexibility index (Phi) is 24.6. The van der Waals surface area contributed by atoms with Crippen molar-refractivity contribution >= 4 is 0 Å². The van der Waals surface area contributed by atoms with E-state index in [4.69, 9.17) is 0 Å². The summed E-state index contributed by atoms with van der Waals surface area (Å²) in [6.07, 6.45) is 23.2. The molecule has 76 heavy (non-hydrogen) atoms. The van der Waals surface area contributed by atoms with E-state index in [1.807, 2.05) is 0 Å². The van der Waals surface area contributed by atoms with Crippen LogP contribution in [-0.4, -0.2) is 67.0 Å². The average molecular weight is 1050 g/mol. The molecule has 12 heteroatoms. The Hall–Kier alpha value is -5.92. The predicted molar refractivity (Wildman–Crippen MR) is 306 cm³/mol. The summed E-state index contributed by atoms with van der Waals surface area (Å²) in [4.78, 5) is 0. The minimum atomic E-state index is -0.928. The molecule has 0 atom stereocenters. The number of benzene rings is 4. The smallest absolute Gasteiger partial charge is 0.132 e. The molecule has 4 aromatic rings. The minimum Gasteiger partial charge on any atom is -0.507 e. The lowest BCUT2D eigenvalue weighted by Gasteiger charge is -2.29. The van der Waals surface area contributed by atoms with E-state index in [0.717, 1.165) is 129 Å². The molecule has 0 aromatic heterocycles. The number of aromatic hydroxyl groups is 8. The zero-order valence-corrected chi connectivity index (χ0v) is 46.6. The lowest BCUT2D eigenvalue weighted by atomic mass is 9.77. The summed E-state index contributed by atoms with van der Waals surface area (Å²) in [5, 5.41) is 109. The van der Waals surface area contributed by atoms with Gasteiger partial charge in [-0.1, -0.05) is 103 Å². The van der Waals surface area contributed by atoms with Gasteiger partial charge in [0.05, 0.1) is 48.4 Å². The van der Waals surface area contributed by atoms with Gasteiger partial charge in [0.1, 0.15) is 72.2 Å². The summed E-state index contributed by atoms with van der Waals surface area (Å²) in [6, 6.07) is 6.71. The van der Waals surface area contributed by atoms with Gasteiger partial charge in [-0.15, -0.1) is 26.3 Å². The Morgan fingerprint density at radius 2 is 0.474 bits per heavy atom. The molecule has 416 valence electrons. The van der Waals surface area contributed by atoms with Gasteiger partial charge in [-0.25, -0.2) is 0 Å². The first-order valence-electron chi connectivity index (χ1n) is 28.9. The summed E-state index contributed by atoms with van der Waals surface area (Å²) >= 11 is 0. The van der Waals surface area contributed by atoms with Crippen LogP contribution in [0.15, 0.2) is 74.9 Å². The molecule has 1 aliphatic carbocycles. The second-order valence-electron chi connectivity index (χ2n) is 21.1. The monoisotopic (exact) mass is 1050 g/mol. The molecular weight excluding hydrogens is 953 g/mol. The van der Waals surface area contributed by atoms with Crippen LogP contribution in [0, 0.1) is 0 Å². The lowest BCUT2D eigenvalue weighted by molar-refractivity contribution is -0.671. The summed E-state index contributed by atoms with van der Waals surface area (Å²) in [6.45, 7) is 29.5.